The molecular formula is C30H35NOSi. The van der Waals surface area contributed by atoms with Crippen molar-refractivity contribution in [3.63, 3.8) is 0 Å². The van der Waals surface area contributed by atoms with Crippen LogP contribution in [-0.4, -0.2) is 31.9 Å². The van der Waals surface area contributed by atoms with E-state index < -0.39 is 8.32 Å². The Bertz CT molecular complexity index is 1040. The van der Waals surface area contributed by atoms with Crippen LogP contribution in [0.2, 0.25) is 5.04 Å². The maximum atomic E-state index is 7.33. The van der Waals surface area contributed by atoms with Crippen molar-refractivity contribution in [1.82, 2.24) is 4.90 Å². The number of hydrogen-bond acceptors (Lipinski definition) is 2. The Balaban J connectivity index is 1.49. The van der Waals surface area contributed by atoms with Crippen LogP contribution in [0, 0.1) is 5.92 Å². The summed E-state index contributed by atoms with van der Waals surface area (Å²) in [7, 11) is -2.52. The summed E-state index contributed by atoms with van der Waals surface area (Å²) in [5.41, 5.74) is 1.38. The maximum absolute atomic E-state index is 7.33. The van der Waals surface area contributed by atoms with Crippen molar-refractivity contribution in [2.75, 3.05) is 6.61 Å². The fraction of sp³-hybridized carbons (Fsp3) is 0.333. The summed E-state index contributed by atoms with van der Waals surface area (Å²) in [4.78, 5) is 2.68. The second kappa shape index (κ2) is 9.06. The normalized spacial score (nSPS) is 22.7. The molecule has 0 radical (unpaired) electrons. The zero-order valence-electron chi connectivity index (χ0n) is 20.0. The summed E-state index contributed by atoms with van der Waals surface area (Å²) in [5.74, 6) is 0.580. The molecule has 3 heteroatoms. The minimum absolute atomic E-state index is 0.00737. The van der Waals surface area contributed by atoms with Gasteiger partial charge in [-0.15, -0.1) is 0 Å². The average Bonchev–Trinajstić information content (AvgIpc) is 3.43. The van der Waals surface area contributed by atoms with Gasteiger partial charge in [0, 0.05) is 18.6 Å². The van der Waals surface area contributed by atoms with E-state index in [4.69, 9.17) is 4.43 Å². The molecular weight excluding hydrogens is 418 g/mol. The van der Waals surface area contributed by atoms with Crippen LogP contribution in [0.4, 0.5) is 0 Å². The lowest BCUT2D eigenvalue weighted by molar-refractivity contribution is 0.125. The van der Waals surface area contributed by atoms with E-state index in [1.165, 1.54) is 22.4 Å². The van der Waals surface area contributed by atoms with Crippen LogP contribution in [0.3, 0.4) is 0 Å². The lowest BCUT2D eigenvalue weighted by Gasteiger charge is -2.44. The van der Waals surface area contributed by atoms with Crippen molar-refractivity contribution in [3.8, 4) is 0 Å². The highest BCUT2D eigenvalue weighted by Gasteiger charge is 2.52. The zero-order valence-corrected chi connectivity index (χ0v) is 21.0. The van der Waals surface area contributed by atoms with Crippen LogP contribution in [0.15, 0.2) is 103 Å². The van der Waals surface area contributed by atoms with Gasteiger partial charge in [-0.25, -0.2) is 0 Å². The molecule has 1 aliphatic carbocycles. The highest BCUT2D eigenvalue weighted by molar-refractivity contribution is 6.99. The molecule has 33 heavy (non-hydrogen) atoms. The van der Waals surface area contributed by atoms with Gasteiger partial charge in [-0.05, 0) is 33.3 Å². The van der Waals surface area contributed by atoms with E-state index in [-0.39, 0.29) is 5.04 Å². The molecule has 1 saturated heterocycles. The summed E-state index contributed by atoms with van der Waals surface area (Å²) in [6, 6.07) is 33.8. The quantitative estimate of drug-likeness (QED) is 0.351. The van der Waals surface area contributed by atoms with Crippen molar-refractivity contribution >= 4 is 18.7 Å². The minimum atomic E-state index is -2.52. The number of benzene rings is 3. The van der Waals surface area contributed by atoms with E-state index >= 15 is 0 Å². The molecule has 3 atom stereocenters. The first-order valence-electron chi connectivity index (χ1n) is 12.2. The highest BCUT2D eigenvalue weighted by atomic mass is 28.4. The number of hydrogen-bond donors (Lipinski definition) is 0. The fourth-order valence-corrected chi connectivity index (χ4v) is 10.5. The van der Waals surface area contributed by atoms with Crippen LogP contribution in [0.25, 0.3) is 0 Å². The van der Waals surface area contributed by atoms with Crippen LogP contribution in [0.1, 0.15) is 32.8 Å². The van der Waals surface area contributed by atoms with Crippen LogP contribution < -0.4 is 10.4 Å². The first-order chi connectivity index (χ1) is 16.0. The standard InChI is InChI=1S/C30H35NOSi/c1-30(2,3)33(27-15-9-5-10-16-27,28-17-11-6-12-18-28)32-23-29-25-19-20-26(21-25)31(29)22-24-13-7-4-8-14-24/h4-20,25-26,29H,21-23H2,1-3H3/t25-,26+,29+/m0/s1. The van der Waals surface area contributed by atoms with Gasteiger partial charge in [-0.2, -0.15) is 0 Å². The third-order valence-electron chi connectivity index (χ3n) is 7.54. The molecule has 2 bridgehead atoms. The van der Waals surface area contributed by atoms with E-state index in [9.17, 15) is 0 Å². The number of likely N-dealkylation sites (tertiary alicyclic amines) is 1. The number of fused-ring (bicyclic) bond motifs is 2. The predicted molar refractivity (Wildman–Crippen MR) is 140 cm³/mol. The van der Waals surface area contributed by atoms with Crippen molar-refractivity contribution in [2.45, 2.75) is 50.9 Å². The van der Waals surface area contributed by atoms with Gasteiger partial charge >= 0.3 is 0 Å². The first kappa shape index (κ1) is 22.3. The van der Waals surface area contributed by atoms with Crippen molar-refractivity contribution < 1.29 is 4.43 Å². The lowest BCUT2D eigenvalue weighted by atomic mass is 10.0. The summed E-state index contributed by atoms with van der Waals surface area (Å²) >= 11 is 0. The molecule has 5 rings (SSSR count). The largest absolute Gasteiger partial charge is 0.406 e. The molecule has 2 aliphatic rings. The molecule has 2 nitrogen and oxygen atoms in total. The van der Waals surface area contributed by atoms with Crippen molar-refractivity contribution in [2.24, 2.45) is 5.92 Å². The monoisotopic (exact) mass is 453 g/mol. The summed E-state index contributed by atoms with van der Waals surface area (Å²) < 4.78 is 7.33. The van der Waals surface area contributed by atoms with Crippen LogP contribution >= 0.6 is 0 Å². The third-order valence-corrected chi connectivity index (χ3v) is 12.5. The molecule has 1 fully saturated rings. The van der Waals surface area contributed by atoms with Gasteiger partial charge in [-0.1, -0.05) is 124 Å². The molecule has 0 aromatic heterocycles. The van der Waals surface area contributed by atoms with Crippen LogP contribution in [0.5, 0.6) is 0 Å². The highest BCUT2D eigenvalue weighted by Crippen LogP contribution is 2.41. The second-order valence-electron chi connectivity index (χ2n) is 10.6. The molecule has 3 aromatic carbocycles. The molecule has 3 aromatic rings. The van der Waals surface area contributed by atoms with E-state index in [1.54, 1.807) is 0 Å². The maximum Gasteiger partial charge on any atom is 0.261 e. The van der Waals surface area contributed by atoms with Crippen LogP contribution in [-0.2, 0) is 11.0 Å². The lowest BCUT2D eigenvalue weighted by Crippen LogP contribution is -2.67. The second-order valence-corrected chi connectivity index (χ2v) is 14.9. The predicted octanol–water partition coefficient (Wildman–Crippen LogP) is 5.39. The van der Waals surface area contributed by atoms with E-state index in [0.29, 0.717) is 18.0 Å². The first-order valence-corrected chi connectivity index (χ1v) is 14.1. The molecule has 0 amide bonds. The topological polar surface area (TPSA) is 12.5 Å². The van der Waals surface area contributed by atoms with Gasteiger partial charge < -0.3 is 4.43 Å². The average molecular weight is 454 g/mol. The smallest absolute Gasteiger partial charge is 0.261 e. The van der Waals surface area contributed by atoms with Gasteiger partial charge in [0.2, 0.25) is 0 Å². The Labute approximate surface area is 200 Å². The van der Waals surface area contributed by atoms with Gasteiger partial charge in [0.05, 0.1) is 6.61 Å². The van der Waals surface area contributed by atoms with Gasteiger partial charge in [0.1, 0.15) is 0 Å². The van der Waals surface area contributed by atoms with Gasteiger partial charge in [0.15, 0.2) is 0 Å². The Morgan fingerprint density at radius 2 is 1.33 bits per heavy atom. The van der Waals surface area contributed by atoms with Crippen molar-refractivity contribution in [3.05, 3.63) is 109 Å². The van der Waals surface area contributed by atoms with E-state index in [0.717, 1.165) is 13.2 Å². The third kappa shape index (κ3) is 4.14. The SMILES string of the molecule is CC(C)(C)[Si](OC[C@@H]1[C@H]2C=C[C@H](C2)N1Cc1ccccc1)(c1ccccc1)c1ccccc1. The Hall–Kier alpha value is -2.46. The molecule has 0 saturated carbocycles. The Morgan fingerprint density at radius 1 is 0.788 bits per heavy atom. The molecule has 0 unspecified atom stereocenters. The van der Waals surface area contributed by atoms with E-state index in [2.05, 4.69) is 129 Å². The molecule has 170 valence electrons. The summed E-state index contributed by atoms with van der Waals surface area (Å²) in [5, 5.41) is 2.72. The Morgan fingerprint density at radius 3 is 1.88 bits per heavy atom. The van der Waals surface area contributed by atoms with Gasteiger partial charge in [-0.3, -0.25) is 4.90 Å². The summed E-state index contributed by atoms with van der Waals surface area (Å²) in [6.45, 7) is 8.84. The van der Waals surface area contributed by atoms with E-state index in [1.807, 2.05) is 0 Å². The minimum Gasteiger partial charge on any atom is -0.406 e. The number of nitrogens with zero attached hydrogens (tertiary/aromatic N) is 1. The molecule has 0 N–H and O–H groups in total. The molecule has 0 spiro atoms. The molecule has 1 aliphatic heterocycles. The Kier molecular flexibility index (Phi) is 6.13. The van der Waals surface area contributed by atoms with Crippen molar-refractivity contribution in [1.29, 1.82) is 0 Å². The van der Waals surface area contributed by atoms with Gasteiger partial charge in [0.25, 0.3) is 8.32 Å². The zero-order chi connectivity index (χ0) is 22.9. The number of rotatable bonds is 7. The fourth-order valence-electron chi connectivity index (χ4n) is 5.95. The molecule has 1 heterocycles. The summed E-state index contributed by atoms with van der Waals surface area (Å²) in [6.07, 6.45) is 6.07.